The molecule has 0 spiro atoms. The summed E-state index contributed by atoms with van der Waals surface area (Å²) >= 11 is 9.29. The summed E-state index contributed by atoms with van der Waals surface area (Å²) in [4.78, 5) is 11.1. The second kappa shape index (κ2) is 5.50. The molecule has 2 rings (SSSR count). The maximum atomic E-state index is 11.1. The minimum atomic E-state index is -1.12. The van der Waals surface area contributed by atoms with Gasteiger partial charge in [0.2, 0.25) is 0 Å². The molecule has 0 saturated heterocycles. The smallest absolute Gasteiger partial charge is 0.339 e. The maximum Gasteiger partial charge on any atom is 0.339 e. The van der Waals surface area contributed by atoms with Crippen LogP contribution in [0.15, 0.2) is 40.9 Å². The van der Waals surface area contributed by atoms with Gasteiger partial charge in [0.05, 0.1) is 5.02 Å². The van der Waals surface area contributed by atoms with Gasteiger partial charge < -0.3 is 15.6 Å². The Balaban J connectivity index is 2.43. The van der Waals surface area contributed by atoms with Crippen LogP contribution in [-0.2, 0) is 0 Å². The number of hydrogen-bond donors (Lipinski definition) is 2. The quantitative estimate of drug-likeness (QED) is 0.821. The second-order valence-electron chi connectivity index (χ2n) is 3.74. The standard InChI is InChI=1S/C13H9BrClNO3/c14-7-1-3-10(15)12(5-7)19-11-4-2-8(16)6-9(11)13(17)18/h1-6H,16H2,(H,17,18). The van der Waals surface area contributed by atoms with E-state index in [0.29, 0.717) is 16.5 Å². The van der Waals surface area contributed by atoms with Gasteiger partial charge in [-0.05, 0) is 36.4 Å². The fourth-order valence-corrected chi connectivity index (χ4v) is 1.97. The summed E-state index contributed by atoms with van der Waals surface area (Å²) in [6, 6.07) is 9.46. The van der Waals surface area contributed by atoms with Gasteiger partial charge in [-0.15, -0.1) is 0 Å². The predicted molar refractivity (Wildman–Crippen MR) is 77.0 cm³/mol. The van der Waals surface area contributed by atoms with Crippen LogP contribution in [0, 0.1) is 0 Å². The molecule has 2 aromatic carbocycles. The Kier molecular flexibility index (Phi) is 3.97. The minimum absolute atomic E-state index is 0.0176. The molecule has 0 atom stereocenters. The van der Waals surface area contributed by atoms with E-state index in [1.54, 1.807) is 24.3 Å². The van der Waals surface area contributed by atoms with Crippen LogP contribution >= 0.6 is 27.5 Å². The van der Waals surface area contributed by atoms with Crippen molar-refractivity contribution in [3.8, 4) is 11.5 Å². The fourth-order valence-electron chi connectivity index (χ4n) is 1.48. The van der Waals surface area contributed by atoms with Gasteiger partial charge in [-0.2, -0.15) is 0 Å². The number of carbonyl (C=O) groups is 1. The monoisotopic (exact) mass is 341 g/mol. The van der Waals surface area contributed by atoms with Gasteiger partial charge >= 0.3 is 5.97 Å². The molecule has 4 nitrogen and oxygen atoms in total. The highest BCUT2D eigenvalue weighted by Crippen LogP contribution is 2.34. The average molecular weight is 343 g/mol. The van der Waals surface area contributed by atoms with E-state index in [-0.39, 0.29) is 11.3 Å². The van der Waals surface area contributed by atoms with Gasteiger partial charge in [-0.3, -0.25) is 0 Å². The summed E-state index contributed by atoms with van der Waals surface area (Å²) in [6.45, 7) is 0. The van der Waals surface area contributed by atoms with Crippen LogP contribution in [0.4, 0.5) is 5.69 Å². The topological polar surface area (TPSA) is 72.5 Å². The number of hydrogen-bond acceptors (Lipinski definition) is 3. The van der Waals surface area contributed by atoms with Gasteiger partial charge in [0, 0.05) is 10.2 Å². The number of nitrogen functional groups attached to an aromatic ring is 1. The molecule has 0 amide bonds. The molecule has 0 aliphatic rings. The zero-order valence-electron chi connectivity index (χ0n) is 9.56. The van der Waals surface area contributed by atoms with Gasteiger partial charge in [-0.25, -0.2) is 4.79 Å². The van der Waals surface area contributed by atoms with Crippen molar-refractivity contribution in [2.45, 2.75) is 0 Å². The summed E-state index contributed by atoms with van der Waals surface area (Å²) < 4.78 is 6.32. The van der Waals surface area contributed by atoms with Gasteiger partial charge in [-0.1, -0.05) is 27.5 Å². The summed E-state index contributed by atoms with van der Waals surface area (Å²) in [5.74, 6) is -0.571. The van der Waals surface area contributed by atoms with Crippen molar-refractivity contribution in [3.05, 3.63) is 51.5 Å². The molecule has 0 bridgehead atoms. The van der Waals surface area contributed by atoms with Crippen LogP contribution in [-0.4, -0.2) is 11.1 Å². The number of anilines is 1. The molecule has 0 heterocycles. The number of halogens is 2. The minimum Gasteiger partial charge on any atom is -0.478 e. The first-order valence-electron chi connectivity index (χ1n) is 5.23. The lowest BCUT2D eigenvalue weighted by atomic mass is 10.2. The predicted octanol–water partition coefficient (Wildman–Crippen LogP) is 4.18. The van der Waals surface area contributed by atoms with Crippen molar-refractivity contribution in [2.24, 2.45) is 0 Å². The van der Waals surface area contributed by atoms with Crippen molar-refractivity contribution in [1.82, 2.24) is 0 Å². The molecule has 0 radical (unpaired) electrons. The number of carboxylic acid groups (broad SMARTS) is 1. The molecular formula is C13H9BrClNO3. The lowest BCUT2D eigenvalue weighted by Crippen LogP contribution is -2.01. The lowest BCUT2D eigenvalue weighted by molar-refractivity contribution is 0.0694. The summed E-state index contributed by atoms with van der Waals surface area (Å²) in [5.41, 5.74) is 5.89. The molecule has 19 heavy (non-hydrogen) atoms. The van der Waals surface area contributed by atoms with Crippen LogP contribution in [0.1, 0.15) is 10.4 Å². The molecule has 0 aliphatic carbocycles. The molecule has 0 fully saturated rings. The fraction of sp³-hybridized carbons (Fsp3) is 0. The average Bonchev–Trinajstić information content (AvgIpc) is 2.35. The Bertz CT molecular complexity index is 646. The van der Waals surface area contributed by atoms with Crippen molar-refractivity contribution in [2.75, 3.05) is 5.73 Å². The normalized spacial score (nSPS) is 10.2. The molecule has 0 unspecified atom stereocenters. The summed E-state index contributed by atoms with van der Waals surface area (Å²) in [7, 11) is 0. The van der Waals surface area contributed by atoms with Crippen LogP contribution in [0.25, 0.3) is 0 Å². The number of ether oxygens (including phenoxy) is 1. The van der Waals surface area contributed by atoms with Crippen molar-refractivity contribution in [3.63, 3.8) is 0 Å². The van der Waals surface area contributed by atoms with E-state index >= 15 is 0 Å². The number of nitrogens with two attached hydrogens (primary N) is 1. The Morgan fingerprint density at radius 2 is 1.95 bits per heavy atom. The molecule has 3 N–H and O–H groups in total. The number of carboxylic acids is 1. The molecule has 0 aliphatic heterocycles. The molecule has 6 heteroatoms. The van der Waals surface area contributed by atoms with Crippen molar-refractivity contribution < 1.29 is 14.6 Å². The van der Waals surface area contributed by atoms with E-state index < -0.39 is 5.97 Å². The highest BCUT2D eigenvalue weighted by molar-refractivity contribution is 9.10. The first kappa shape index (κ1) is 13.7. The van der Waals surface area contributed by atoms with E-state index in [1.807, 2.05) is 0 Å². The van der Waals surface area contributed by atoms with Crippen LogP contribution in [0.5, 0.6) is 11.5 Å². The molecule has 2 aromatic rings. The highest BCUT2D eigenvalue weighted by atomic mass is 79.9. The molecule has 0 aromatic heterocycles. The maximum absolute atomic E-state index is 11.1. The Morgan fingerprint density at radius 1 is 1.21 bits per heavy atom. The molecule has 98 valence electrons. The zero-order valence-corrected chi connectivity index (χ0v) is 11.9. The van der Waals surface area contributed by atoms with E-state index in [2.05, 4.69) is 15.9 Å². The Hall–Kier alpha value is -1.72. The first-order chi connectivity index (χ1) is 8.97. The Labute approximate surface area is 122 Å². The number of benzene rings is 2. The van der Waals surface area contributed by atoms with E-state index in [0.717, 1.165) is 4.47 Å². The SMILES string of the molecule is Nc1ccc(Oc2cc(Br)ccc2Cl)c(C(=O)O)c1. The highest BCUT2D eigenvalue weighted by Gasteiger charge is 2.14. The van der Waals surface area contributed by atoms with Gasteiger partial charge in [0.25, 0.3) is 0 Å². The lowest BCUT2D eigenvalue weighted by Gasteiger charge is -2.11. The van der Waals surface area contributed by atoms with Gasteiger partial charge in [0.15, 0.2) is 0 Å². The van der Waals surface area contributed by atoms with E-state index in [9.17, 15) is 4.79 Å². The summed E-state index contributed by atoms with van der Waals surface area (Å²) in [5, 5.41) is 9.50. The third kappa shape index (κ3) is 3.19. The van der Waals surface area contributed by atoms with Crippen molar-refractivity contribution >= 4 is 39.2 Å². The van der Waals surface area contributed by atoms with Crippen LogP contribution in [0.3, 0.4) is 0 Å². The van der Waals surface area contributed by atoms with Crippen molar-refractivity contribution in [1.29, 1.82) is 0 Å². The van der Waals surface area contributed by atoms with Crippen LogP contribution < -0.4 is 10.5 Å². The number of aromatic carboxylic acids is 1. The second-order valence-corrected chi connectivity index (χ2v) is 5.06. The Morgan fingerprint density at radius 3 is 2.63 bits per heavy atom. The summed E-state index contributed by atoms with van der Waals surface area (Å²) in [6.07, 6.45) is 0. The molecule has 0 saturated carbocycles. The van der Waals surface area contributed by atoms with Gasteiger partial charge in [0.1, 0.15) is 17.1 Å². The third-order valence-electron chi connectivity index (χ3n) is 2.35. The number of rotatable bonds is 3. The first-order valence-corrected chi connectivity index (χ1v) is 6.40. The largest absolute Gasteiger partial charge is 0.478 e. The zero-order chi connectivity index (χ0) is 14.0. The molecular weight excluding hydrogens is 334 g/mol. The van der Waals surface area contributed by atoms with E-state index in [4.69, 9.17) is 27.2 Å². The third-order valence-corrected chi connectivity index (χ3v) is 3.15. The van der Waals surface area contributed by atoms with Crippen LogP contribution in [0.2, 0.25) is 5.02 Å². The van der Waals surface area contributed by atoms with E-state index in [1.165, 1.54) is 12.1 Å².